The van der Waals surface area contributed by atoms with E-state index >= 15 is 0 Å². The topological polar surface area (TPSA) is 44.1 Å². The Bertz CT molecular complexity index is 638. The Morgan fingerprint density at radius 1 is 1.35 bits per heavy atom. The lowest BCUT2D eigenvalue weighted by Gasteiger charge is -2.04. The van der Waals surface area contributed by atoms with E-state index in [0.717, 1.165) is 17.0 Å². The van der Waals surface area contributed by atoms with E-state index in [2.05, 4.69) is 9.84 Å². The smallest absolute Gasteiger partial charge is 0.305 e. The summed E-state index contributed by atoms with van der Waals surface area (Å²) >= 11 is 12.1. The van der Waals surface area contributed by atoms with Crippen molar-refractivity contribution in [2.24, 2.45) is 7.05 Å². The summed E-state index contributed by atoms with van der Waals surface area (Å²) in [4.78, 5) is 11.1. The number of hydrogen-bond acceptors (Lipinski definition) is 3. The molecule has 20 heavy (non-hydrogen) atoms. The van der Waals surface area contributed by atoms with Crippen LogP contribution in [0.4, 0.5) is 0 Å². The maximum absolute atomic E-state index is 11.1. The van der Waals surface area contributed by atoms with Crippen molar-refractivity contribution in [2.75, 3.05) is 7.11 Å². The number of benzene rings is 1. The standard InChI is InChI=1S/C14H14Cl2N2O2/c1-18-13(11-5-3-9(15)7-12(11)16)8-10(17-18)4-6-14(19)20-2/h3,5,7-8H,4,6H2,1-2H3. The van der Waals surface area contributed by atoms with Crippen molar-refractivity contribution < 1.29 is 9.53 Å². The molecule has 0 radical (unpaired) electrons. The van der Waals surface area contributed by atoms with Gasteiger partial charge < -0.3 is 4.74 Å². The molecule has 1 aromatic heterocycles. The number of rotatable bonds is 4. The van der Waals surface area contributed by atoms with Crippen LogP contribution in [0.15, 0.2) is 24.3 Å². The number of aromatic nitrogens is 2. The van der Waals surface area contributed by atoms with Crippen molar-refractivity contribution in [1.82, 2.24) is 9.78 Å². The van der Waals surface area contributed by atoms with Crippen molar-refractivity contribution >= 4 is 29.2 Å². The summed E-state index contributed by atoms with van der Waals surface area (Å²) in [5, 5.41) is 5.53. The largest absolute Gasteiger partial charge is 0.469 e. The molecule has 0 aliphatic heterocycles. The van der Waals surface area contributed by atoms with Gasteiger partial charge in [-0.05, 0) is 24.3 Å². The number of carbonyl (C=O) groups excluding carboxylic acids is 1. The first-order chi connectivity index (χ1) is 9.51. The Morgan fingerprint density at radius 3 is 2.75 bits per heavy atom. The van der Waals surface area contributed by atoms with Gasteiger partial charge in [-0.1, -0.05) is 23.2 Å². The van der Waals surface area contributed by atoms with Gasteiger partial charge in [-0.15, -0.1) is 0 Å². The predicted molar refractivity (Wildman–Crippen MR) is 79.0 cm³/mol. The third-order valence-corrected chi connectivity index (χ3v) is 3.50. The number of nitrogens with zero attached hydrogens (tertiary/aromatic N) is 2. The zero-order chi connectivity index (χ0) is 14.7. The van der Waals surface area contributed by atoms with E-state index in [1.54, 1.807) is 16.8 Å². The minimum atomic E-state index is -0.248. The van der Waals surface area contributed by atoms with Gasteiger partial charge in [0.15, 0.2) is 0 Å². The highest BCUT2D eigenvalue weighted by Crippen LogP contribution is 2.30. The van der Waals surface area contributed by atoms with Gasteiger partial charge >= 0.3 is 5.97 Å². The second-order valence-corrected chi connectivity index (χ2v) is 5.19. The lowest BCUT2D eigenvalue weighted by Crippen LogP contribution is -2.02. The SMILES string of the molecule is COC(=O)CCc1cc(-c2ccc(Cl)cc2Cl)n(C)n1. The molecule has 0 aliphatic rings. The molecular weight excluding hydrogens is 299 g/mol. The third kappa shape index (κ3) is 3.32. The molecular formula is C14H14Cl2N2O2. The van der Waals surface area contributed by atoms with Crippen LogP contribution in [0, 0.1) is 0 Å². The summed E-state index contributed by atoms with van der Waals surface area (Å²) in [5.41, 5.74) is 2.56. The van der Waals surface area contributed by atoms with Crippen LogP contribution in [-0.4, -0.2) is 22.9 Å². The van der Waals surface area contributed by atoms with Gasteiger partial charge in [-0.25, -0.2) is 0 Å². The molecule has 0 N–H and O–H groups in total. The molecule has 0 saturated carbocycles. The Labute approximate surface area is 127 Å². The number of esters is 1. The highest BCUT2D eigenvalue weighted by atomic mass is 35.5. The highest BCUT2D eigenvalue weighted by Gasteiger charge is 2.12. The minimum absolute atomic E-state index is 0.248. The molecule has 1 heterocycles. The number of methoxy groups -OCH3 is 1. The molecule has 0 atom stereocenters. The molecule has 1 aromatic carbocycles. The van der Waals surface area contributed by atoms with Crippen LogP contribution >= 0.6 is 23.2 Å². The van der Waals surface area contributed by atoms with E-state index < -0.39 is 0 Å². The number of hydrogen-bond donors (Lipinski definition) is 0. The first-order valence-corrected chi connectivity index (χ1v) is 6.82. The molecule has 0 saturated heterocycles. The zero-order valence-corrected chi connectivity index (χ0v) is 12.7. The average Bonchev–Trinajstić information content (AvgIpc) is 2.77. The van der Waals surface area contributed by atoms with Gasteiger partial charge in [0, 0.05) is 24.1 Å². The second-order valence-electron chi connectivity index (χ2n) is 4.34. The number of ether oxygens (including phenoxy) is 1. The van der Waals surface area contributed by atoms with E-state index in [9.17, 15) is 4.79 Å². The van der Waals surface area contributed by atoms with E-state index in [4.69, 9.17) is 23.2 Å². The molecule has 0 aliphatic carbocycles. The lowest BCUT2D eigenvalue weighted by atomic mass is 10.1. The summed E-state index contributed by atoms with van der Waals surface area (Å²) < 4.78 is 6.35. The molecule has 2 aromatic rings. The van der Waals surface area contributed by atoms with Gasteiger partial charge in [0.25, 0.3) is 0 Å². The summed E-state index contributed by atoms with van der Waals surface area (Å²) in [6.45, 7) is 0. The van der Waals surface area contributed by atoms with E-state index in [-0.39, 0.29) is 5.97 Å². The summed E-state index contributed by atoms with van der Waals surface area (Å²) in [6.07, 6.45) is 0.840. The first kappa shape index (κ1) is 14.9. The van der Waals surface area contributed by atoms with Crippen LogP contribution in [0.2, 0.25) is 10.0 Å². The highest BCUT2D eigenvalue weighted by molar-refractivity contribution is 6.36. The molecule has 0 amide bonds. The summed E-state index contributed by atoms with van der Waals surface area (Å²) in [5.74, 6) is -0.248. The number of carbonyl (C=O) groups is 1. The number of aryl methyl sites for hydroxylation is 2. The van der Waals surface area contributed by atoms with Gasteiger partial charge in [-0.3, -0.25) is 9.48 Å². The average molecular weight is 313 g/mol. The first-order valence-electron chi connectivity index (χ1n) is 6.06. The Balaban J connectivity index is 2.25. The Morgan fingerprint density at radius 2 is 2.10 bits per heavy atom. The number of halogens is 2. The van der Waals surface area contributed by atoms with Crippen LogP contribution in [0.1, 0.15) is 12.1 Å². The van der Waals surface area contributed by atoms with Crippen molar-refractivity contribution in [2.45, 2.75) is 12.8 Å². The monoisotopic (exact) mass is 312 g/mol. The third-order valence-electron chi connectivity index (χ3n) is 2.95. The fourth-order valence-corrected chi connectivity index (χ4v) is 2.44. The Kier molecular flexibility index (Phi) is 4.68. The second kappa shape index (κ2) is 6.29. The predicted octanol–water partition coefficient (Wildman–Crippen LogP) is 3.50. The molecule has 0 bridgehead atoms. The van der Waals surface area contributed by atoms with Crippen molar-refractivity contribution in [3.63, 3.8) is 0 Å². The van der Waals surface area contributed by atoms with Gasteiger partial charge in [0.2, 0.25) is 0 Å². The van der Waals surface area contributed by atoms with Gasteiger partial charge in [0.1, 0.15) is 0 Å². The zero-order valence-electron chi connectivity index (χ0n) is 11.2. The molecule has 106 valence electrons. The minimum Gasteiger partial charge on any atom is -0.469 e. The normalized spacial score (nSPS) is 10.6. The fourth-order valence-electron chi connectivity index (χ4n) is 1.93. The van der Waals surface area contributed by atoms with E-state index in [1.165, 1.54) is 7.11 Å². The molecule has 0 spiro atoms. The quantitative estimate of drug-likeness (QED) is 0.812. The Hall–Kier alpha value is -1.52. The lowest BCUT2D eigenvalue weighted by molar-refractivity contribution is -0.140. The molecule has 0 fully saturated rings. The van der Waals surface area contributed by atoms with Crippen LogP contribution < -0.4 is 0 Å². The maximum Gasteiger partial charge on any atom is 0.305 e. The fraction of sp³-hybridized carbons (Fsp3) is 0.286. The van der Waals surface area contributed by atoms with Crippen LogP contribution in [-0.2, 0) is 23.0 Å². The van der Waals surface area contributed by atoms with Crippen LogP contribution in [0.3, 0.4) is 0 Å². The van der Waals surface area contributed by atoms with Crippen molar-refractivity contribution in [3.8, 4) is 11.3 Å². The van der Waals surface area contributed by atoms with Crippen molar-refractivity contribution in [3.05, 3.63) is 40.0 Å². The van der Waals surface area contributed by atoms with E-state index in [1.807, 2.05) is 19.2 Å². The van der Waals surface area contributed by atoms with Gasteiger partial charge in [-0.2, -0.15) is 5.10 Å². The molecule has 6 heteroatoms. The summed E-state index contributed by atoms with van der Waals surface area (Å²) in [7, 11) is 3.21. The summed E-state index contributed by atoms with van der Waals surface area (Å²) in [6, 6.07) is 7.24. The van der Waals surface area contributed by atoms with Crippen molar-refractivity contribution in [1.29, 1.82) is 0 Å². The van der Waals surface area contributed by atoms with Crippen LogP contribution in [0.25, 0.3) is 11.3 Å². The molecule has 0 unspecified atom stereocenters. The van der Waals surface area contributed by atoms with Crippen LogP contribution in [0.5, 0.6) is 0 Å². The molecule has 4 nitrogen and oxygen atoms in total. The molecule has 2 rings (SSSR count). The van der Waals surface area contributed by atoms with E-state index in [0.29, 0.717) is 22.9 Å². The van der Waals surface area contributed by atoms with Gasteiger partial charge in [0.05, 0.1) is 29.9 Å². The maximum atomic E-state index is 11.1.